The lowest BCUT2D eigenvalue weighted by molar-refractivity contribution is 0.133. The number of pyridine rings is 1. The molecule has 20 heavy (non-hydrogen) atoms. The minimum Gasteiger partial charge on any atom is -0.491 e. The van der Waals surface area contributed by atoms with Gasteiger partial charge in [-0.25, -0.2) is 0 Å². The van der Waals surface area contributed by atoms with Gasteiger partial charge >= 0.3 is 0 Å². The zero-order valence-electron chi connectivity index (χ0n) is 12.0. The molecule has 4 nitrogen and oxygen atoms in total. The standard InChI is InChI=1S/C16H21N3O/c1-18-6-8-19(9-7-18)10-11-20-15-12-14-4-2-3-5-16(14)17-13-15/h2-5,12-13H,6-11H2,1H3. The van der Waals surface area contributed by atoms with Crippen LogP contribution in [0.2, 0.25) is 0 Å². The maximum absolute atomic E-state index is 5.83. The van der Waals surface area contributed by atoms with Gasteiger partial charge in [0, 0.05) is 38.1 Å². The SMILES string of the molecule is CN1CCN(CCOc2cnc3ccccc3c2)CC1. The van der Waals surface area contributed by atoms with Crippen molar-refractivity contribution in [2.75, 3.05) is 46.4 Å². The van der Waals surface area contributed by atoms with Crippen molar-refractivity contribution in [3.63, 3.8) is 0 Å². The van der Waals surface area contributed by atoms with Crippen molar-refractivity contribution in [1.82, 2.24) is 14.8 Å². The fourth-order valence-corrected chi connectivity index (χ4v) is 2.49. The number of piperazine rings is 1. The number of rotatable bonds is 4. The second-order valence-corrected chi connectivity index (χ2v) is 5.36. The van der Waals surface area contributed by atoms with Crippen LogP contribution in [0.25, 0.3) is 10.9 Å². The highest BCUT2D eigenvalue weighted by molar-refractivity contribution is 5.79. The Morgan fingerprint density at radius 2 is 1.95 bits per heavy atom. The lowest BCUT2D eigenvalue weighted by atomic mass is 10.2. The van der Waals surface area contributed by atoms with E-state index in [0.717, 1.165) is 56.0 Å². The molecule has 0 aliphatic carbocycles. The number of likely N-dealkylation sites (N-methyl/N-ethyl adjacent to an activating group) is 1. The van der Waals surface area contributed by atoms with Gasteiger partial charge in [-0.15, -0.1) is 0 Å². The quantitative estimate of drug-likeness (QED) is 0.848. The fourth-order valence-electron chi connectivity index (χ4n) is 2.49. The number of hydrogen-bond acceptors (Lipinski definition) is 4. The van der Waals surface area contributed by atoms with Gasteiger partial charge in [0.2, 0.25) is 0 Å². The monoisotopic (exact) mass is 271 g/mol. The van der Waals surface area contributed by atoms with E-state index < -0.39 is 0 Å². The first kappa shape index (κ1) is 13.3. The van der Waals surface area contributed by atoms with Crippen LogP contribution in [0.1, 0.15) is 0 Å². The van der Waals surface area contributed by atoms with Crippen molar-refractivity contribution in [3.8, 4) is 5.75 Å². The number of hydrogen-bond donors (Lipinski definition) is 0. The van der Waals surface area contributed by atoms with Gasteiger partial charge in [-0.05, 0) is 19.2 Å². The molecule has 1 aromatic heterocycles. The van der Waals surface area contributed by atoms with Gasteiger partial charge < -0.3 is 9.64 Å². The van der Waals surface area contributed by atoms with Crippen molar-refractivity contribution >= 4 is 10.9 Å². The summed E-state index contributed by atoms with van der Waals surface area (Å²) in [5, 5.41) is 1.13. The van der Waals surface area contributed by atoms with Crippen LogP contribution in [0.4, 0.5) is 0 Å². The minimum atomic E-state index is 0.726. The van der Waals surface area contributed by atoms with E-state index in [1.807, 2.05) is 24.4 Å². The van der Waals surface area contributed by atoms with Crippen molar-refractivity contribution in [3.05, 3.63) is 36.5 Å². The fraction of sp³-hybridized carbons (Fsp3) is 0.438. The summed E-state index contributed by atoms with van der Waals surface area (Å²) in [4.78, 5) is 9.23. The number of benzene rings is 1. The summed E-state index contributed by atoms with van der Waals surface area (Å²) in [5.74, 6) is 0.859. The maximum Gasteiger partial charge on any atom is 0.138 e. The van der Waals surface area contributed by atoms with E-state index in [4.69, 9.17) is 4.74 Å². The first-order valence-corrected chi connectivity index (χ1v) is 7.20. The van der Waals surface area contributed by atoms with Gasteiger partial charge in [-0.3, -0.25) is 9.88 Å². The van der Waals surface area contributed by atoms with Crippen molar-refractivity contribution < 1.29 is 4.74 Å². The molecular weight excluding hydrogens is 250 g/mol. The second kappa shape index (κ2) is 6.20. The Labute approximate surface area is 120 Å². The third kappa shape index (κ3) is 3.26. The van der Waals surface area contributed by atoms with Gasteiger partial charge in [-0.2, -0.15) is 0 Å². The number of fused-ring (bicyclic) bond motifs is 1. The highest BCUT2D eigenvalue weighted by Gasteiger charge is 2.13. The van der Waals surface area contributed by atoms with E-state index in [9.17, 15) is 0 Å². The lowest BCUT2D eigenvalue weighted by Crippen LogP contribution is -2.45. The van der Waals surface area contributed by atoms with Crippen LogP contribution in [-0.4, -0.2) is 61.2 Å². The molecule has 0 saturated carbocycles. The molecule has 2 aromatic rings. The number of para-hydroxylation sites is 1. The van der Waals surface area contributed by atoms with E-state index in [1.54, 1.807) is 0 Å². The van der Waals surface area contributed by atoms with Crippen molar-refractivity contribution in [2.24, 2.45) is 0 Å². The number of ether oxygens (including phenoxy) is 1. The third-order valence-corrected chi connectivity index (χ3v) is 3.84. The molecule has 1 saturated heterocycles. The highest BCUT2D eigenvalue weighted by Crippen LogP contribution is 2.17. The Balaban J connectivity index is 1.52. The van der Waals surface area contributed by atoms with Gasteiger partial charge in [0.1, 0.15) is 12.4 Å². The van der Waals surface area contributed by atoms with E-state index in [2.05, 4.69) is 34.0 Å². The second-order valence-electron chi connectivity index (χ2n) is 5.36. The highest BCUT2D eigenvalue weighted by atomic mass is 16.5. The molecule has 3 rings (SSSR count). The first-order chi connectivity index (χ1) is 9.81. The number of aromatic nitrogens is 1. The zero-order chi connectivity index (χ0) is 13.8. The number of nitrogens with zero attached hydrogens (tertiary/aromatic N) is 3. The van der Waals surface area contributed by atoms with Crippen molar-refractivity contribution in [1.29, 1.82) is 0 Å². The van der Waals surface area contributed by atoms with E-state index in [1.165, 1.54) is 0 Å². The average molecular weight is 271 g/mol. The molecule has 2 heterocycles. The molecule has 1 aliphatic heterocycles. The van der Waals surface area contributed by atoms with Crippen LogP contribution >= 0.6 is 0 Å². The molecule has 1 aromatic carbocycles. The molecule has 0 unspecified atom stereocenters. The normalized spacial score (nSPS) is 17.4. The summed E-state index contributed by atoms with van der Waals surface area (Å²) in [7, 11) is 2.18. The van der Waals surface area contributed by atoms with Crippen LogP contribution in [-0.2, 0) is 0 Å². The van der Waals surface area contributed by atoms with Crippen LogP contribution in [0.3, 0.4) is 0 Å². The average Bonchev–Trinajstić information content (AvgIpc) is 2.49. The van der Waals surface area contributed by atoms with Crippen LogP contribution in [0, 0.1) is 0 Å². The zero-order valence-corrected chi connectivity index (χ0v) is 12.0. The van der Waals surface area contributed by atoms with Crippen LogP contribution in [0.5, 0.6) is 5.75 Å². The van der Waals surface area contributed by atoms with E-state index >= 15 is 0 Å². The summed E-state index contributed by atoms with van der Waals surface area (Å²) in [6, 6.07) is 10.2. The van der Waals surface area contributed by atoms with Crippen molar-refractivity contribution in [2.45, 2.75) is 0 Å². The predicted molar refractivity (Wildman–Crippen MR) is 81.2 cm³/mol. The van der Waals surface area contributed by atoms with E-state index in [0.29, 0.717) is 0 Å². The molecule has 4 heteroatoms. The summed E-state index contributed by atoms with van der Waals surface area (Å²) >= 11 is 0. The van der Waals surface area contributed by atoms with Crippen LogP contribution in [0.15, 0.2) is 36.5 Å². The van der Waals surface area contributed by atoms with Crippen LogP contribution < -0.4 is 4.74 Å². The summed E-state index contributed by atoms with van der Waals surface area (Å²) in [6.07, 6.45) is 1.81. The Kier molecular flexibility index (Phi) is 4.14. The predicted octanol–water partition coefficient (Wildman–Crippen LogP) is 1.86. The molecule has 106 valence electrons. The molecule has 0 bridgehead atoms. The molecule has 0 radical (unpaired) electrons. The minimum absolute atomic E-state index is 0.726. The Hall–Kier alpha value is -1.65. The van der Waals surface area contributed by atoms with Gasteiger partial charge in [0.15, 0.2) is 0 Å². The van der Waals surface area contributed by atoms with E-state index in [-0.39, 0.29) is 0 Å². The first-order valence-electron chi connectivity index (χ1n) is 7.20. The molecule has 1 fully saturated rings. The Morgan fingerprint density at radius 1 is 1.15 bits per heavy atom. The molecule has 0 atom stereocenters. The van der Waals surface area contributed by atoms with Gasteiger partial charge in [-0.1, -0.05) is 18.2 Å². The Morgan fingerprint density at radius 3 is 2.80 bits per heavy atom. The van der Waals surface area contributed by atoms with Gasteiger partial charge in [0.05, 0.1) is 11.7 Å². The summed E-state index contributed by atoms with van der Waals surface area (Å²) in [6.45, 7) is 6.28. The molecule has 1 aliphatic rings. The third-order valence-electron chi connectivity index (χ3n) is 3.84. The molecule has 0 amide bonds. The Bertz CT molecular complexity index is 564. The largest absolute Gasteiger partial charge is 0.491 e. The molecular formula is C16H21N3O. The smallest absolute Gasteiger partial charge is 0.138 e. The van der Waals surface area contributed by atoms with Gasteiger partial charge in [0.25, 0.3) is 0 Å². The maximum atomic E-state index is 5.83. The molecule has 0 N–H and O–H groups in total. The lowest BCUT2D eigenvalue weighted by Gasteiger charge is -2.32. The summed E-state index contributed by atoms with van der Waals surface area (Å²) in [5.41, 5.74) is 1.01. The summed E-state index contributed by atoms with van der Waals surface area (Å²) < 4.78 is 5.83. The topological polar surface area (TPSA) is 28.6 Å². The molecule has 0 spiro atoms.